The molecular weight excluding hydrogens is 284 g/mol. The highest BCUT2D eigenvalue weighted by molar-refractivity contribution is 7.99. The van der Waals surface area contributed by atoms with E-state index in [-0.39, 0.29) is 5.91 Å². The van der Waals surface area contributed by atoms with E-state index in [2.05, 4.69) is 16.9 Å². The average Bonchev–Trinajstić information content (AvgIpc) is 2.89. The largest absolute Gasteiger partial charge is 0.273 e. The molecule has 0 saturated carbocycles. The lowest BCUT2D eigenvalue weighted by Gasteiger charge is -2.21. The monoisotopic (exact) mass is 304 g/mol. The smallest absolute Gasteiger partial charge is 0.242 e. The second-order valence-corrected chi connectivity index (χ2v) is 6.20. The number of hydrogen-bond donors (Lipinski definition) is 0. The summed E-state index contributed by atoms with van der Waals surface area (Å²) in [5, 5.41) is 1.93. The third-order valence-electron chi connectivity index (χ3n) is 3.36. The molecule has 0 fully saturated rings. The van der Waals surface area contributed by atoms with Crippen LogP contribution in [-0.2, 0) is 4.79 Å². The zero-order valence-electron chi connectivity index (χ0n) is 12.8. The van der Waals surface area contributed by atoms with Crippen LogP contribution in [0.25, 0.3) is 11.3 Å². The predicted molar refractivity (Wildman–Crippen MR) is 86.9 cm³/mol. The fourth-order valence-corrected chi connectivity index (χ4v) is 2.31. The van der Waals surface area contributed by atoms with Crippen molar-refractivity contribution in [1.29, 1.82) is 0 Å². The van der Waals surface area contributed by atoms with Crippen LogP contribution in [0.2, 0.25) is 0 Å². The van der Waals surface area contributed by atoms with Crippen LogP contribution in [0.1, 0.15) is 19.2 Å². The third kappa shape index (κ3) is 3.64. The van der Waals surface area contributed by atoms with Gasteiger partial charge >= 0.3 is 0 Å². The van der Waals surface area contributed by atoms with E-state index in [0.29, 0.717) is 11.7 Å². The second kappa shape index (κ2) is 6.76. The summed E-state index contributed by atoms with van der Waals surface area (Å²) < 4.78 is 1.79. The first-order valence-corrected chi connectivity index (χ1v) is 8.07. The molecule has 6 heteroatoms. The number of carbonyl (C=O) groups excluding carboxylic acids is 1. The number of imidazole rings is 1. The molecule has 0 aromatic carbocycles. The van der Waals surface area contributed by atoms with Gasteiger partial charge in [-0.25, -0.2) is 9.66 Å². The molecule has 2 aromatic rings. The summed E-state index contributed by atoms with van der Waals surface area (Å²) in [7, 11) is 1.77. The van der Waals surface area contributed by atoms with Gasteiger partial charge < -0.3 is 0 Å². The van der Waals surface area contributed by atoms with E-state index in [0.717, 1.165) is 17.1 Å². The first-order chi connectivity index (χ1) is 10.0. The van der Waals surface area contributed by atoms with Crippen molar-refractivity contribution in [2.24, 2.45) is 0 Å². The lowest BCUT2D eigenvalue weighted by molar-refractivity contribution is -0.119. The van der Waals surface area contributed by atoms with Gasteiger partial charge in [0, 0.05) is 36.7 Å². The minimum absolute atomic E-state index is 0.0788. The summed E-state index contributed by atoms with van der Waals surface area (Å²) in [5.41, 5.74) is 1.76. The van der Waals surface area contributed by atoms with Gasteiger partial charge in [-0.3, -0.25) is 14.8 Å². The van der Waals surface area contributed by atoms with Crippen LogP contribution in [0, 0.1) is 6.92 Å². The molecule has 0 radical (unpaired) electrons. The molecule has 1 amide bonds. The average molecular weight is 304 g/mol. The molecule has 21 heavy (non-hydrogen) atoms. The molecule has 0 saturated heterocycles. The number of aryl methyl sites for hydroxylation is 1. The Morgan fingerprint density at radius 3 is 2.90 bits per heavy atom. The maximum absolute atomic E-state index is 12.3. The van der Waals surface area contributed by atoms with Gasteiger partial charge in [0.25, 0.3) is 0 Å². The highest BCUT2D eigenvalue weighted by Crippen LogP contribution is 2.18. The van der Waals surface area contributed by atoms with Crippen molar-refractivity contribution in [3.63, 3.8) is 0 Å². The van der Waals surface area contributed by atoms with Crippen LogP contribution in [-0.4, -0.2) is 39.1 Å². The summed E-state index contributed by atoms with van der Waals surface area (Å²) in [4.78, 5) is 20.9. The fourth-order valence-electron chi connectivity index (χ4n) is 2.00. The minimum Gasteiger partial charge on any atom is -0.273 e. The second-order valence-electron chi connectivity index (χ2n) is 4.93. The van der Waals surface area contributed by atoms with Gasteiger partial charge in [-0.05, 0) is 25.3 Å². The van der Waals surface area contributed by atoms with Gasteiger partial charge in [0.1, 0.15) is 5.82 Å². The maximum Gasteiger partial charge on any atom is 0.242 e. The normalized spacial score (nSPS) is 12.2. The van der Waals surface area contributed by atoms with E-state index in [1.165, 1.54) is 0 Å². The SMILES string of the molecule is CSC(C)CC(=O)N(C)n1cc(-c2cccnc2)nc1C. The van der Waals surface area contributed by atoms with Gasteiger partial charge in [0.15, 0.2) is 0 Å². The zero-order valence-corrected chi connectivity index (χ0v) is 13.6. The Bertz CT molecular complexity index is 611. The Hall–Kier alpha value is -1.82. The molecule has 2 heterocycles. The number of carbonyl (C=O) groups is 1. The molecule has 2 aromatic heterocycles. The van der Waals surface area contributed by atoms with Gasteiger partial charge in [-0.2, -0.15) is 11.8 Å². The van der Waals surface area contributed by atoms with Gasteiger partial charge in [0.2, 0.25) is 5.91 Å². The fraction of sp³-hybridized carbons (Fsp3) is 0.400. The quantitative estimate of drug-likeness (QED) is 0.851. The highest BCUT2D eigenvalue weighted by Gasteiger charge is 2.17. The Morgan fingerprint density at radius 2 is 2.29 bits per heavy atom. The van der Waals surface area contributed by atoms with Crippen molar-refractivity contribution in [3.8, 4) is 11.3 Å². The molecular formula is C15H20N4OS. The molecule has 0 N–H and O–H groups in total. The Kier molecular flexibility index (Phi) is 5.01. The van der Waals surface area contributed by atoms with Crippen LogP contribution in [0.3, 0.4) is 0 Å². The lowest BCUT2D eigenvalue weighted by Crippen LogP contribution is -2.38. The summed E-state index contributed by atoms with van der Waals surface area (Å²) in [5.74, 6) is 0.858. The van der Waals surface area contributed by atoms with E-state index >= 15 is 0 Å². The first kappa shape index (κ1) is 15.6. The Labute approximate surface area is 129 Å². The van der Waals surface area contributed by atoms with Crippen LogP contribution in [0.4, 0.5) is 0 Å². The number of amides is 1. The van der Waals surface area contributed by atoms with Crippen LogP contribution in [0.15, 0.2) is 30.7 Å². The van der Waals surface area contributed by atoms with Crippen molar-refractivity contribution >= 4 is 17.7 Å². The number of aromatic nitrogens is 3. The van der Waals surface area contributed by atoms with Crippen LogP contribution < -0.4 is 5.01 Å². The number of hydrogen-bond acceptors (Lipinski definition) is 4. The van der Waals surface area contributed by atoms with E-state index in [1.807, 2.05) is 31.5 Å². The van der Waals surface area contributed by atoms with E-state index < -0.39 is 0 Å². The van der Waals surface area contributed by atoms with Gasteiger partial charge in [-0.1, -0.05) is 6.92 Å². The van der Waals surface area contributed by atoms with E-state index in [9.17, 15) is 4.79 Å². The Morgan fingerprint density at radius 1 is 1.52 bits per heavy atom. The maximum atomic E-state index is 12.3. The highest BCUT2D eigenvalue weighted by atomic mass is 32.2. The summed E-state index contributed by atoms with van der Waals surface area (Å²) >= 11 is 1.69. The molecule has 0 aliphatic heterocycles. The van der Waals surface area contributed by atoms with Gasteiger partial charge in [-0.15, -0.1) is 0 Å². The molecule has 0 aliphatic rings. The topological polar surface area (TPSA) is 51.0 Å². The molecule has 0 aliphatic carbocycles. The third-order valence-corrected chi connectivity index (χ3v) is 4.34. The molecule has 0 bridgehead atoms. The predicted octanol–water partition coefficient (Wildman–Crippen LogP) is 2.49. The molecule has 5 nitrogen and oxygen atoms in total. The van der Waals surface area contributed by atoms with Gasteiger partial charge in [0.05, 0.1) is 11.9 Å². The standard InChI is InChI=1S/C15H20N4OS/c1-11(21-4)8-15(20)18(3)19-10-14(17-12(19)2)13-6-5-7-16-9-13/h5-7,9-11H,8H2,1-4H3. The van der Waals surface area contributed by atoms with Crippen molar-refractivity contribution in [1.82, 2.24) is 14.6 Å². The molecule has 1 unspecified atom stereocenters. The molecule has 2 rings (SSSR count). The van der Waals surface area contributed by atoms with Crippen molar-refractivity contribution in [3.05, 3.63) is 36.5 Å². The lowest BCUT2D eigenvalue weighted by atomic mass is 10.2. The van der Waals surface area contributed by atoms with Crippen molar-refractivity contribution in [2.45, 2.75) is 25.5 Å². The number of pyridine rings is 1. The number of thioether (sulfide) groups is 1. The first-order valence-electron chi connectivity index (χ1n) is 6.79. The summed E-state index contributed by atoms with van der Waals surface area (Å²) in [6.07, 6.45) is 7.89. The molecule has 112 valence electrons. The minimum atomic E-state index is 0.0788. The summed E-state index contributed by atoms with van der Waals surface area (Å²) in [6.45, 7) is 3.94. The Balaban J connectivity index is 2.21. The number of nitrogens with zero attached hydrogens (tertiary/aromatic N) is 4. The van der Waals surface area contributed by atoms with Crippen LogP contribution in [0.5, 0.6) is 0 Å². The van der Waals surface area contributed by atoms with Crippen molar-refractivity contribution < 1.29 is 4.79 Å². The number of rotatable bonds is 5. The van der Waals surface area contributed by atoms with Crippen LogP contribution >= 0.6 is 11.8 Å². The summed E-state index contributed by atoms with van der Waals surface area (Å²) in [6, 6.07) is 3.83. The van der Waals surface area contributed by atoms with E-state index in [1.54, 1.807) is 40.9 Å². The molecule has 0 spiro atoms. The zero-order chi connectivity index (χ0) is 15.4. The van der Waals surface area contributed by atoms with E-state index in [4.69, 9.17) is 0 Å². The molecule has 1 atom stereocenters. The van der Waals surface area contributed by atoms with Crippen molar-refractivity contribution in [2.75, 3.05) is 18.3 Å².